The first-order valence-electron chi connectivity index (χ1n) is 4.31. The van der Waals surface area contributed by atoms with E-state index in [1.54, 1.807) is 6.07 Å². The molecule has 1 aromatic heterocycles. The lowest BCUT2D eigenvalue weighted by Crippen LogP contribution is -2.13. The van der Waals surface area contributed by atoms with Crippen molar-refractivity contribution in [1.82, 2.24) is 14.9 Å². The van der Waals surface area contributed by atoms with E-state index in [0.717, 1.165) is 11.1 Å². The van der Waals surface area contributed by atoms with Crippen LogP contribution in [0.1, 0.15) is 5.56 Å². The van der Waals surface area contributed by atoms with Gasteiger partial charge in [-0.05, 0) is 30.7 Å². The first-order chi connectivity index (χ1) is 7.08. The molecule has 2 aromatic rings. The van der Waals surface area contributed by atoms with Crippen LogP contribution in [0.3, 0.4) is 0 Å². The highest BCUT2D eigenvalue weighted by Gasteiger charge is 2.09. The van der Waals surface area contributed by atoms with Gasteiger partial charge in [-0.2, -0.15) is 0 Å². The van der Waals surface area contributed by atoms with Gasteiger partial charge < -0.3 is 11.6 Å². The molecule has 0 amide bonds. The number of nitrogen functional groups attached to an aromatic ring is 2. The Morgan fingerprint density at radius 3 is 2.53 bits per heavy atom. The van der Waals surface area contributed by atoms with Crippen molar-refractivity contribution >= 4 is 17.5 Å². The molecule has 6 heteroatoms. The van der Waals surface area contributed by atoms with Crippen LogP contribution in [0.4, 0.5) is 5.95 Å². The van der Waals surface area contributed by atoms with Gasteiger partial charge in [0.15, 0.2) is 5.82 Å². The zero-order valence-corrected chi connectivity index (χ0v) is 8.86. The molecule has 1 heterocycles. The van der Waals surface area contributed by atoms with Gasteiger partial charge in [0.1, 0.15) is 0 Å². The maximum Gasteiger partial charge on any atom is 0.241 e. The highest BCUT2D eigenvalue weighted by molar-refractivity contribution is 6.30. The van der Waals surface area contributed by atoms with Crippen molar-refractivity contribution in [3.8, 4) is 11.4 Å². The molecule has 0 unspecified atom stereocenters. The number of benzene rings is 1. The Morgan fingerprint density at radius 1 is 1.27 bits per heavy atom. The van der Waals surface area contributed by atoms with Crippen LogP contribution in [0.25, 0.3) is 11.4 Å². The number of aryl methyl sites for hydroxylation is 1. The van der Waals surface area contributed by atoms with Crippen molar-refractivity contribution in [1.29, 1.82) is 0 Å². The Morgan fingerprint density at radius 2 is 2.00 bits per heavy atom. The van der Waals surface area contributed by atoms with E-state index >= 15 is 0 Å². The summed E-state index contributed by atoms with van der Waals surface area (Å²) >= 11 is 5.93. The number of halogens is 1. The van der Waals surface area contributed by atoms with Gasteiger partial charge in [0, 0.05) is 10.6 Å². The summed E-state index contributed by atoms with van der Waals surface area (Å²) in [7, 11) is 0. The minimum absolute atomic E-state index is 0.169. The van der Waals surface area contributed by atoms with E-state index in [1.807, 2.05) is 19.1 Å². The largest absolute Gasteiger partial charge is 0.366 e. The van der Waals surface area contributed by atoms with Crippen LogP contribution in [0, 0.1) is 6.92 Å². The van der Waals surface area contributed by atoms with E-state index in [9.17, 15) is 0 Å². The van der Waals surface area contributed by atoms with E-state index in [1.165, 1.54) is 4.68 Å². The van der Waals surface area contributed by atoms with Crippen molar-refractivity contribution in [3.05, 3.63) is 28.8 Å². The van der Waals surface area contributed by atoms with Gasteiger partial charge in [-0.1, -0.05) is 11.6 Å². The lowest BCUT2D eigenvalue weighted by atomic mass is 10.1. The SMILES string of the molecule is Cc1cc(Cl)cc(-c2nnc(N)n2N)c1. The van der Waals surface area contributed by atoms with Gasteiger partial charge in [0.05, 0.1) is 0 Å². The molecule has 78 valence electrons. The lowest BCUT2D eigenvalue weighted by molar-refractivity contribution is 1.02. The lowest BCUT2D eigenvalue weighted by Gasteiger charge is -2.03. The van der Waals surface area contributed by atoms with Gasteiger partial charge >= 0.3 is 0 Å². The van der Waals surface area contributed by atoms with E-state index in [-0.39, 0.29) is 5.95 Å². The highest BCUT2D eigenvalue weighted by Crippen LogP contribution is 2.22. The molecule has 4 N–H and O–H groups in total. The summed E-state index contributed by atoms with van der Waals surface area (Å²) in [5, 5.41) is 8.18. The third-order valence-corrected chi connectivity index (χ3v) is 2.24. The molecule has 0 bridgehead atoms. The predicted octanol–water partition coefficient (Wildman–Crippen LogP) is 1.20. The second-order valence-corrected chi connectivity index (χ2v) is 3.71. The van der Waals surface area contributed by atoms with Gasteiger partial charge in [-0.3, -0.25) is 0 Å². The minimum atomic E-state index is 0.169. The topological polar surface area (TPSA) is 82.8 Å². The van der Waals surface area contributed by atoms with Crippen LogP contribution in [0.2, 0.25) is 5.02 Å². The molecule has 0 atom stereocenters. The molecule has 5 nitrogen and oxygen atoms in total. The second-order valence-electron chi connectivity index (χ2n) is 3.27. The molecule has 0 radical (unpaired) electrons. The molecule has 0 saturated heterocycles. The number of nitrogens with two attached hydrogens (primary N) is 2. The smallest absolute Gasteiger partial charge is 0.241 e. The molecular weight excluding hydrogens is 214 g/mol. The predicted molar refractivity (Wildman–Crippen MR) is 59.8 cm³/mol. The van der Waals surface area contributed by atoms with E-state index in [4.69, 9.17) is 23.2 Å². The molecule has 0 aliphatic heterocycles. The molecule has 2 rings (SSSR count). The number of rotatable bonds is 1. The van der Waals surface area contributed by atoms with Crippen LogP contribution >= 0.6 is 11.6 Å². The van der Waals surface area contributed by atoms with E-state index < -0.39 is 0 Å². The highest BCUT2D eigenvalue weighted by atomic mass is 35.5. The molecular formula is C9H10ClN5. The number of hydrogen-bond acceptors (Lipinski definition) is 4. The number of anilines is 1. The Bertz CT molecular complexity index is 485. The maximum atomic E-state index is 5.93. The fourth-order valence-corrected chi connectivity index (χ4v) is 1.66. The first-order valence-corrected chi connectivity index (χ1v) is 4.69. The fourth-order valence-electron chi connectivity index (χ4n) is 1.37. The van der Waals surface area contributed by atoms with Gasteiger partial charge in [0.25, 0.3) is 0 Å². The first kappa shape index (κ1) is 9.79. The zero-order chi connectivity index (χ0) is 11.0. The zero-order valence-electron chi connectivity index (χ0n) is 8.11. The van der Waals surface area contributed by atoms with Crippen molar-refractivity contribution in [2.24, 2.45) is 0 Å². The average molecular weight is 224 g/mol. The van der Waals surface area contributed by atoms with Crippen molar-refractivity contribution in [2.45, 2.75) is 6.92 Å². The summed E-state index contributed by atoms with van der Waals surface area (Å²) in [5.74, 6) is 6.33. The van der Waals surface area contributed by atoms with Crippen LogP contribution in [0.5, 0.6) is 0 Å². The molecule has 0 spiro atoms. The van der Waals surface area contributed by atoms with Crippen molar-refractivity contribution in [3.63, 3.8) is 0 Å². The van der Waals surface area contributed by atoms with Crippen molar-refractivity contribution in [2.75, 3.05) is 11.6 Å². The van der Waals surface area contributed by atoms with Crippen LogP contribution in [-0.4, -0.2) is 14.9 Å². The van der Waals surface area contributed by atoms with E-state index in [0.29, 0.717) is 10.8 Å². The number of nitrogens with zero attached hydrogens (tertiary/aromatic N) is 3. The van der Waals surface area contributed by atoms with Crippen LogP contribution in [-0.2, 0) is 0 Å². The Labute approximate surface area is 91.6 Å². The van der Waals surface area contributed by atoms with Gasteiger partial charge in [-0.15, -0.1) is 10.2 Å². The number of aromatic nitrogens is 3. The van der Waals surface area contributed by atoms with Crippen LogP contribution in [0.15, 0.2) is 18.2 Å². The minimum Gasteiger partial charge on any atom is -0.366 e. The molecule has 0 aliphatic carbocycles. The van der Waals surface area contributed by atoms with Crippen molar-refractivity contribution < 1.29 is 0 Å². The Kier molecular flexibility index (Phi) is 2.24. The Balaban J connectivity index is 2.58. The van der Waals surface area contributed by atoms with E-state index in [2.05, 4.69) is 10.2 Å². The molecule has 15 heavy (non-hydrogen) atoms. The summed E-state index contributed by atoms with van der Waals surface area (Å²) in [5.41, 5.74) is 7.31. The Hall–Kier alpha value is -1.75. The monoisotopic (exact) mass is 223 g/mol. The standard InChI is InChI=1S/C9H10ClN5/c1-5-2-6(4-7(10)3-5)8-13-14-9(11)15(8)12/h2-4H,12H2,1H3,(H2,11,14). The molecule has 0 aliphatic rings. The third kappa shape index (κ3) is 1.73. The third-order valence-electron chi connectivity index (χ3n) is 2.02. The quantitative estimate of drug-likeness (QED) is 0.712. The summed E-state index contributed by atoms with van der Waals surface area (Å²) in [4.78, 5) is 0. The normalized spacial score (nSPS) is 10.5. The number of hydrogen-bond donors (Lipinski definition) is 2. The maximum absolute atomic E-state index is 5.93. The molecule has 0 fully saturated rings. The molecule has 1 aromatic carbocycles. The van der Waals surface area contributed by atoms with Gasteiger partial charge in [0.2, 0.25) is 5.95 Å². The molecule has 0 saturated carbocycles. The summed E-state index contributed by atoms with van der Waals surface area (Å²) in [6.07, 6.45) is 0. The fraction of sp³-hybridized carbons (Fsp3) is 0.111. The summed E-state index contributed by atoms with van der Waals surface area (Å²) in [6, 6.07) is 5.53. The second kappa shape index (κ2) is 3.43. The summed E-state index contributed by atoms with van der Waals surface area (Å²) < 4.78 is 1.23. The summed E-state index contributed by atoms with van der Waals surface area (Å²) in [6.45, 7) is 1.94. The average Bonchev–Trinajstić information content (AvgIpc) is 2.46. The van der Waals surface area contributed by atoms with Crippen LogP contribution < -0.4 is 11.6 Å². The van der Waals surface area contributed by atoms with Gasteiger partial charge in [-0.25, -0.2) is 4.68 Å².